The largest absolute Gasteiger partial charge is 2.00 e. The normalized spacial score (nSPS) is 18.9. The average Bonchev–Trinajstić information content (AvgIpc) is 2.96. The van der Waals surface area contributed by atoms with Crippen molar-refractivity contribution in [1.82, 2.24) is 0 Å². The molecule has 0 unspecified atom stereocenters. The zero-order chi connectivity index (χ0) is 22.8. The van der Waals surface area contributed by atoms with Crippen LogP contribution in [0.4, 0.5) is 38.4 Å². The smallest absolute Gasteiger partial charge is 0.869 e. The molecule has 0 spiro atoms. The molecule has 0 amide bonds. The molecule has 0 saturated carbocycles. The topological polar surface area (TPSA) is 40.1 Å². The van der Waals surface area contributed by atoms with Crippen LogP contribution in [0.5, 0.6) is 0 Å². The summed E-state index contributed by atoms with van der Waals surface area (Å²) >= 11 is 0.983. The Morgan fingerprint density at radius 3 is 1.57 bits per heavy atom. The SMILES string of the molecule is C1=C\CC/C=C\CC/1.F[P-](F)(F)(F)(F)F.O=C(/C=C(\[O-])C(F)(F)F)c1cccs1.[Pd+2]. The molecule has 1 heterocycles. The van der Waals surface area contributed by atoms with Gasteiger partial charge >= 0.3 is 59.6 Å². The molecule has 2 rings (SSSR count). The molecular formula is C16H16F9O2PPdS. The molecule has 1 aromatic heterocycles. The van der Waals surface area contributed by atoms with Crippen molar-refractivity contribution in [2.24, 2.45) is 0 Å². The molecule has 0 bridgehead atoms. The summed E-state index contributed by atoms with van der Waals surface area (Å²) in [6.45, 7) is 0. The summed E-state index contributed by atoms with van der Waals surface area (Å²) in [5, 5.41) is 11.9. The van der Waals surface area contributed by atoms with Crippen molar-refractivity contribution < 1.29 is 68.7 Å². The van der Waals surface area contributed by atoms with Crippen LogP contribution in [-0.2, 0) is 20.4 Å². The third kappa shape index (κ3) is 23.1. The third-order valence-corrected chi connectivity index (χ3v) is 3.52. The minimum Gasteiger partial charge on any atom is -0.869 e. The van der Waals surface area contributed by atoms with Gasteiger partial charge in [-0.2, -0.15) is 13.2 Å². The zero-order valence-electron chi connectivity index (χ0n) is 14.8. The van der Waals surface area contributed by atoms with E-state index in [0.29, 0.717) is 0 Å². The van der Waals surface area contributed by atoms with E-state index in [2.05, 4.69) is 24.3 Å². The first-order valence-corrected chi connectivity index (χ1v) is 10.7. The van der Waals surface area contributed by atoms with Gasteiger partial charge in [0.05, 0.1) is 4.88 Å². The molecule has 14 heteroatoms. The predicted molar refractivity (Wildman–Crippen MR) is 93.1 cm³/mol. The van der Waals surface area contributed by atoms with E-state index in [1.54, 1.807) is 5.38 Å². The zero-order valence-corrected chi connectivity index (χ0v) is 18.1. The Kier molecular flexibility index (Phi) is 11.9. The van der Waals surface area contributed by atoms with E-state index in [-0.39, 0.29) is 31.4 Å². The van der Waals surface area contributed by atoms with Gasteiger partial charge in [-0.3, -0.25) is 4.79 Å². The molecule has 1 aliphatic rings. The summed E-state index contributed by atoms with van der Waals surface area (Å²) in [5.41, 5.74) is 0. The summed E-state index contributed by atoms with van der Waals surface area (Å²) in [5.74, 6) is -3.04. The molecule has 2 nitrogen and oxygen atoms in total. The Labute approximate surface area is 184 Å². The summed E-state index contributed by atoms with van der Waals surface area (Å²) < 4.78 is 94.4. The number of alkyl halides is 3. The molecule has 0 aliphatic heterocycles. The quantitative estimate of drug-likeness (QED) is 0.0682. The van der Waals surface area contributed by atoms with Gasteiger partial charge in [-0.15, -0.1) is 11.3 Å². The summed E-state index contributed by atoms with van der Waals surface area (Å²) in [7, 11) is -10.7. The standard InChI is InChI=1S/C8H5F3O2S.C8H12.F6P.Pd/c9-8(10,11)7(13)4-5(12)6-2-1-3-14-6;1-2-4-6-8-7-5-3-1;1-7(2,3,4,5)6;/h1-4,13H;1-2,7-8H,3-6H2;;/q;;-1;+2/p-1/b7-4-;2-1-,8-7-;;. The summed E-state index contributed by atoms with van der Waals surface area (Å²) in [4.78, 5) is 11.1. The fourth-order valence-electron chi connectivity index (χ4n) is 1.55. The minimum absolute atomic E-state index is 0. The van der Waals surface area contributed by atoms with Gasteiger partial charge in [0.15, 0.2) is 5.78 Å². The van der Waals surface area contributed by atoms with Crippen molar-refractivity contribution in [3.63, 3.8) is 0 Å². The van der Waals surface area contributed by atoms with Crippen molar-refractivity contribution >= 4 is 24.9 Å². The van der Waals surface area contributed by atoms with E-state index >= 15 is 0 Å². The Bertz CT molecular complexity index is 700. The van der Waals surface area contributed by atoms with Gasteiger partial charge in [0, 0.05) is 0 Å². The van der Waals surface area contributed by atoms with E-state index in [1.807, 2.05) is 0 Å². The fraction of sp³-hybridized carbons (Fsp3) is 0.312. The Morgan fingerprint density at radius 2 is 1.30 bits per heavy atom. The fourth-order valence-corrected chi connectivity index (χ4v) is 2.18. The van der Waals surface area contributed by atoms with Gasteiger partial charge in [-0.1, -0.05) is 30.4 Å². The first kappa shape index (κ1) is 31.0. The van der Waals surface area contributed by atoms with Gasteiger partial charge in [0.1, 0.15) is 0 Å². The van der Waals surface area contributed by atoms with Crippen molar-refractivity contribution in [2.75, 3.05) is 0 Å². The van der Waals surface area contributed by atoms with Crippen LogP contribution in [0.2, 0.25) is 0 Å². The molecule has 0 radical (unpaired) electrons. The van der Waals surface area contributed by atoms with E-state index < -0.39 is 25.5 Å². The number of thiophene rings is 1. The Hall–Kier alpha value is -1.15. The van der Waals surface area contributed by atoms with Crippen molar-refractivity contribution in [3.05, 3.63) is 58.5 Å². The van der Waals surface area contributed by atoms with Crippen LogP contribution in [0.25, 0.3) is 0 Å². The number of carbonyl (C=O) groups excluding carboxylic acids is 1. The van der Waals surface area contributed by atoms with Gasteiger partial charge in [0.2, 0.25) is 0 Å². The number of ketones is 1. The molecule has 1 aliphatic carbocycles. The van der Waals surface area contributed by atoms with Crippen LogP contribution in [0.15, 0.2) is 53.7 Å². The van der Waals surface area contributed by atoms with Crippen molar-refractivity contribution in [1.29, 1.82) is 0 Å². The second-order valence-electron chi connectivity index (χ2n) is 5.40. The molecule has 30 heavy (non-hydrogen) atoms. The third-order valence-electron chi connectivity index (χ3n) is 2.64. The average molecular weight is 581 g/mol. The van der Waals surface area contributed by atoms with Crippen molar-refractivity contribution in [2.45, 2.75) is 31.9 Å². The molecule has 0 aromatic carbocycles. The first-order chi connectivity index (χ1) is 12.9. The molecule has 0 N–H and O–H groups in total. The van der Waals surface area contributed by atoms with Gasteiger partial charge in [-0.05, 0) is 49.0 Å². The minimum atomic E-state index is -10.7. The van der Waals surface area contributed by atoms with E-state index in [4.69, 9.17) is 0 Å². The first-order valence-electron chi connectivity index (χ1n) is 7.76. The monoisotopic (exact) mass is 580 g/mol. The van der Waals surface area contributed by atoms with Crippen LogP contribution in [-0.4, -0.2) is 12.0 Å². The maximum absolute atomic E-state index is 11.7. The van der Waals surface area contributed by atoms with Crippen molar-refractivity contribution in [3.8, 4) is 0 Å². The Balaban J connectivity index is 0. The predicted octanol–water partition coefficient (Wildman–Crippen LogP) is 7.79. The van der Waals surface area contributed by atoms with E-state index in [0.717, 1.165) is 11.3 Å². The van der Waals surface area contributed by atoms with Gasteiger partial charge < -0.3 is 5.11 Å². The van der Waals surface area contributed by atoms with Crippen LogP contribution < -0.4 is 5.11 Å². The second-order valence-corrected chi connectivity index (χ2v) is 8.27. The molecule has 1 aromatic rings. The van der Waals surface area contributed by atoms with Gasteiger partial charge in [0.25, 0.3) is 0 Å². The van der Waals surface area contributed by atoms with Crippen LogP contribution in [0.3, 0.4) is 0 Å². The van der Waals surface area contributed by atoms with Crippen LogP contribution >= 0.6 is 19.1 Å². The molecule has 0 fully saturated rings. The number of hydrogen-bond donors (Lipinski definition) is 0. The van der Waals surface area contributed by atoms with Crippen LogP contribution in [0, 0.1) is 0 Å². The maximum atomic E-state index is 11.7. The molecule has 176 valence electrons. The van der Waals surface area contributed by atoms with Gasteiger partial charge in [-0.25, -0.2) is 0 Å². The second kappa shape index (κ2) is 11.5. The molecule has 0 saturated heterocycles. The van der Waals surface area contributed by atoms with E-state index in [9.17, 15) is 48.3 Å². The maximum Gasteiger partial charge on any atom is 2.00 e. The molecular weight excluding hydrogens is 565 g/mol. The van der Waals surface area contributed by atoms with Crippen LogP contribution in [0.1, 0.15) is 35.4 Å². The number of carbonyl (C=O) groups is 1. The Morgan fingerprint density at radius 1 is 0.933 bits per heavy atom. The number of hydrogen-bond acceptors (Lipinski definition) is 3. The summed E-state index contributed by atoms with van der Waals surface area (Å²) in [6, 6.07) is 2.87. The summed E-state index contributed by atoms with van der Waals surface area (Å²) in [6.07, 6.45) is 9.08. The number of rotatable bonds is 2. The number of halogens is 9. The molecule has 0 atom stereocenters. The van der Waals surface area contributed by atoms with E-state index in [1.165, 1.54) is 37.8 Å². The number of allylic oxidation sites excluding steroid dienone is 6.